The zero-order chi connectivity index (χ0) is 17.0. The standard InChI is InChI=1S/C18H22FN3O2/c1-18(13-24-16-5-3-2-4-14(16)19)6-10-22(11-7-18)12-15-17(23)21-9-8-20-15/h2-5,8-9H,6-7,10-13H2,1H3,(H,21,23). The van der Waals surface area contributed by atoms with Gasteiger partial charge >= 0.3 is 0 Å². The maximum absolute atomic E-state index is 13.6. The number of aromatic amines is 1. The molecule has 1 saturated heterocycles. The monoisotopic (exact) mass is 331 g/mol. The second-order valence-electron chi connectivity index (χ2n) is 6.67. The van der Waals surface area contributed by atoms with Crippen LogP contribution in [0, 0.1) is 11.2 Å². The number of piperidine rings is 1. The quantitative estimate of drug-likeness (QED) is 0.915. The van der Waals surface area contributed by atoms with Crippen molar-refractivity contribution in [1.29, 1.82) is 0 Å². The lowest BCUT2D eigenvalue weighted by molar-refractivity contribution is 0.0634. The van der Waals surface area contributed by atoms with Crippen molar-refractivity contribution in [2.45, 2.75) is 26.3 Å². The predicted molar refractivity (Wildman–Crippen MR) is 89.4 cm³/mol. The first kappa shape index (κ1) is 16.6. The molecule has 2 aromatic rings. The van der Waals surface area contributed by atoms with Gasteiger partial charge < -0.3 is 9.72 Å². The molecule has 0 bridgehead atoms. The number of rotatable bonds is 5. The van der Waals surface area contributed by atoms with E-state index in [1.165, 1.54) is 6.07 Å². The fourth-order valence-corrected chi connectivity index (χ4v) is 2.92. The predicted octanol–water partition coefficient (Wildman–Crippen LogP) is 2.59. The Morgan fingerprint density at radius 1 is 1.33 bits per heavy atom. The minimum Gasteiger partial charge on any atom is -0.490 e. The van der Waals surface area contributed by atoms with Gasteiger partial charge in [0, 0.05) is 24.4 Å². The van der Waals surface area contributed by atoms with Crippen LogP contribution in [0.1, 0.15) is 25.5 Å². The summed E-state index contributed by atoms with van der Waals surface area (Å²) in [6.07, 6.45) is 5.02. The first-order valence-electron chi connectivity index (χ1n) is 8.18. The van der Waals surface area contributed by atoms with Gasteiger partial charge in [0.25, 0.3) is 5.56 Å². The molecule has 5 nitrogen and oxygen atoms in total. The summed E-state index contributed by atoms with van der Waals surface area (Å²) >= 11 is 0. The summed E-state index contributed by atoms with van der Waals surface area (Å²) < 4.78 is 19.3. The van der Waals surface area contributed by atoms with Crippen LogP contribution in [0.3, 0.4) is 0 Å². The fraction of sp³-hybridized carbons (Fsp3) is 0.444. The Kier molecular flexibility index (Phi) is 4.94. The Hall–Kier alpha value is -2.21. The second-order valence-corrected chi connectivity index (χ2v) is 6.67. The van der Waals surface area contributed by atoms with Crippen LogP contribution in [-0.2, 0) is 6.54 Å². The number of benzene rings is 1. The molecular weight excluding hydrogens is 309 g/mol. The highest BCUT2D eigenvalue weighted by Gasteiger charge is 2.31. The number of halogens is 1. The average Bonchev–Trinajstić information content (AvgIpc) is 2.58. The molecule has 1 fully saturated rings. The third-order valence-electron chi connectivity index (χ3n) is 4.63. The highest BCUT2D eigenvalue weighted by molar-refractivity contribution is 5.23. The van der Waals surface area contributed by atoms with E-state index in [2.05, 4.69) is 21.8 Å². The van der Waals surface area contributed by atoms with E-state index in [1.54, 1.807) is 30.6 Å². The maximum Gasteiger partial charge on any atom is 0.270 e. The zero-order valence-corrected chi connectivity index (χ0v) is 13.8. The Morgan fingerprint density at radius 2 is 2.08 bits per heavy atom. The van der Waals surface area contributed by atoms with E-state index in [1.807, 2.05) is 0 Å². The molecule has 24 heavy (non-hydrogen) atoms. The van der Waals surface area contributed by atoms with Gasteiger partial charge in [0.15, 0.2) is 11.6 Å². The van der Waals surface area contributed by atoms with Gasteiger partial charge in [0.2, 0.25) is 0 Å². The molecule has 0 saturated carbocycles. The molecule has 0 spiro atoms. The molecule has 2 heterocycles. The van der Waals surface area contributed by atoms with Crippen LogP contribution in [0.4, 0.5) is 4.39 Å². The van der Waals surface area contributed by atoms with Crippen molar-refractivity contribution in [1.82, 2.24) is 14.9 Å². The lowest BCUT2D eigenvalue weighted by Crippen LogP contribution is -2.42. The Bertz CT molecular complexity index is 739. The third kappa shape index (κ3) is 4.00. The third-order valence-corrected chi connectivity index (χ3v) is 4.63. The Labute approximate surface area is 140 Å². The molecule has 1 aromatic carbocycles. The van der Waals surface area contributed by atoms with Gasteiger partial charge in [-0.05, 0) is 38.1 Å². The molecule has 3 rings (SSSR count). The van der Waals surface area contributed by atoms with Crippen molar-refractivity contribution in [3.8, 4) is 5.75 Å². The van der Waals surface area contributed by atoms with E-state index in [9.17, 15) is 9.18 Å². The van der Waals surface area contributed by atoms with Gasteiger partial charge in [-0.2, -0.15) is 0 Å². The summed E-state index contributed by atoms with van der Waals surface area (Å²) in [5.74, 6) is -0.0194. The topological polar surface area (TPSA) is 58.2 Å². The first-order valence-corrected chi connectivity index (χ1v) is 8.18. The number of para-hydroxylation sites is 1. The number of ether oxygens (including phenoxy) is 1. The van der Waals surface area contributed by atoms with E-state index in [0.29, 0.717) is 24.6 Å². The average molecular weight is 331 g/mol. The highest BCUT2D eigenvalue weighted by atomic mass is 19.1. The van der Waals surface area contributed by atoms with Crippen LogP contribution in [0.2, 0.25) is 0 Å². The number of aromatic nitrogens is 2. The fourth-order valence-electron chi connectivity index (χ4n) is 2.92. The smallest absolute Gasteiger partial charge is 0.270 e. The van der Waals surface area contributed by atoms with Crippen molar-refractivity contribution in [2.24, 2.45) is 5.41 Å². The number of nitrogens with zero attached hydrogens (tertiary/aromatic N) is 2. The van der Waals surface area contributed by atoms with Crippen LogP contribution < -0.4 is 10.3 Å². The van der Waals surface area contributed by atoms with E-state index in [0.717, 1.165) is 25.9 Å². The molecule has 0 unspecified atom stereocenters. The minimum absolute atomic E-state index is 0.00924. The largest absolute Gasteiger partial charge is 0.490 e. The lowest BCUT2D eigenvalue weighted by Gasteiger charge is -2.38. The molecule has 6 heteroatoms. The molecule has 0 aliphatic carbocycles. The molecule has 1 aliphatic rings. The first-order chi connectivity index (χ1) is 11.6. The number of nitrogens with one attached hydrogen (secondary N) is 1. The van der Waals surface area contributed by atoms with E-state index in [4.69, 9.17) is 4.74 Å². The SMILES string of the molecule is CC1(COc2ccccc2F)CCN(Cc2ncc[nH]c2=O)CC1. The molecule has 1 aliphatic heterocycles. The van der Waals surface area contributed by atoms with Gasteiger partial charge in [0.05, 0.1) is 6.61 Å². The zero-order valence-electron chi connectivity index (χ0n) is 13.8. The summed E-state index contributed by atoms with van der Waals surface area (Å²) in [5.41, 5.74) is 0.424. The Balaban J connectivity index is 1.53. The van der Waals surface area contributed by atoms with Crippen molar-refractivity contribution < 1.29 is 9.13 Å². The molecule has 0 amide bonds. The van der Waals surface area contributed by atoms with Crippen molar-refractivity contribution >= 4 is 0 Å². The minimum atomic E-state index is -0.326. The van der Waals surface area contributed by atoms with Gasteiger partial charge in [-0.25, -0.2) is 4.39 Å². The van der Waals surface area contributed by atoms with Crippen molar-refractivity contribution in [2.75, 3.05) is 19.7 Å². The molecule has 0 atom stereocenters. The molecule has 128 valence electrons. The maximum atomic E-state index is 13.6. The van der Waals surface area contributed by atoms with Crippen LogP contribution in [0.5, 0.6) is 5.75 Å². The normalized spacial score (nSPS) is 17.6. The number of hydrogen-bond acceptors (Lipinski definition) is 4. The number of H-pyrrole nitrogens is 1. The van der Waals surface area contributed by atoms with Crippen LogP contribution >= 0.6 is 0 Å². The number of likely N-dealkylation sites (tertiary alicyclic amines) is 1. The van der Waals surface area contributed by atoms with Crippen molar-refractivity contribution in [3.05, 3.63) is 58.5 Å². The number of hydrogen-bond donors (Lipinski definition) is 1. The van der Waals surface area contributed by atoms with Crippen LogP contribution in [-0.4, -0.2) is 34.6 Å². The lowest BCUT2D eigenvalue weighted by atomic mass is 9.81. The molecular formula is C18H22FN3O2. The van der Waals surface area contributed by atoms with Crippen LogP contribution in [0.25, 0.3) is 0 Å². The van der Waals surface area contributed by atoms with E-state index < -0.39 is 0 Å². The van der Waals surface area contributed by atoms with E-state index in [-0.39, 0.29) is 16.8 Å². The van der Waals surface area contributed by atoms with Gasteiger partial charge in [-0.3, -0.25) is 14.7 Å². The van der Waals surface area contributed by atoms with Gasteiger partial charge in [-0.15, -0.1) is 0 Å². The van der Waals surface area contributed by atoms with Crippen LogP contribution in [0.15, 0.2) is 41.5 Å². The summed E-state index contributed by atoms with van der Waals surface area (Å²) in [6, 6.07) is 6.49. The molecule has 0 radical (unpaired) electrons. The Morgan fingerprint density at radius 3 is 2.79 bits per heavy atom. The molecule has 1 N–H and O–H groups in total. The second kappa shape index (κ2) is 7.13. The summed E-state index contributed by atoms with van der Waals surface area (Å²) in [6.45, 7) is 4.95. The molecule has 1 aromatic heterocycles. The van der Waals surface area contributed by atoms with E-state index >= 15 is 0 Å². The highest BCUT2D eigenvalue weighted by Crippen LogP contribution is 2.32. The van der Waals surface area contributed by atoms with Gasteiger partial charge in [0.1, 0.15) is 5.69 Å². The summed E-state index contributed by atoms with van der Waals surface area (Å²) in [7, 11) is 0. The van der Waals surface area contributed by atoms with Gasteiger partial charge in [-0.1, -0.05) is 19.1 Å². The summed E-state index contributed by atoms with van der Waals surface area (Å²) in [5, 5.41) is 0. The van der Waals surface area contributed by atoms with Crippen molar-refractivity contribution in [3.63, 3.8) is 0 Å². The summed E-state index contributed by atoms with van der Waals surface area (Å²) in [4.78, 5) is 20.7.